The fourth-order valence-electron chi connectivity index (χ4n) is 2.03. The molecule has 1 heterocycles. The summed E-state index contributed by atoms with van der Waals surface area (Å²) in [7, 11) is -1.77. The van der Waals surface area contributed by atoms with E-state index in [0.717, 1.165) is 23.0 Å². The molecule has 3 aromatic rings. The average Bonchev–Trinajstić information content (AvgIpc) is 2.90. The molecule has 22 heavy (non-hydrogen) atoms. The smallest absolute Gasteiger partial charge is 0.416 e. The lowest BCUT2D eigenvalue weighted by Crippen LogP contribution is -2.04. The second kappa shape index (κ2) is 5.49. The molecule has 0 saturated carbocycles. The lowest BCUT2D eigenvalue weighted by molar-refractivity contribution is -0.137. The number of para-hydroxylation sites is 1. The Kier molecular flexibility index (Phi) is 3.66. The van der Waals surface area contributed by atoms with Crippen molar-refractivity contribution in [2.24, 2.45) is 4.36 Å². The molecule has 7 heteroatoms. The molecule has 0 spiro atoms. The predicted molar refractivity (Wildman–Crippen MR) is 78.1 cm³/mol. The van der Waals surface area contributed by atoms with E-state index in [2.05, 4.69) is 9.35 Å². The highest BCUT2D eigenvalue weighted by molar-refractivity contribution is 7.75. The molecule has 0 bridgehead atoms. The van der Waals surface area contributed by atoms with Gasteiger partial charge < -0.3 is 13.6 Å². The van der Waals surface area contributed by atoms with Crippen molar-refractivity contribution in [3.63, 3.8) is 0 Å². The number of hydrogen-bond acceptors (Lipinski definition) is 3. The van der Waals surface area contributed by atoms with Gasteiger partial charge in [0.05, 0.1) is 11.3 Å². The molecule has 1 N–H and O–H groups in total. The number of alkyl halides is 3. The average molecular weight is 323 g/mol. The highest BCUT2D eigenvalue weighted by Gasteiger charge is 2.29. The van der Waals surface area contributed by atoms with Crippen molar-refractivity contribution in [3.05, 3.63) is 60.3 Å². The zero-order valence-electron chi connectivity index (χ0n) is 11.1. The number of nitrogens with zero attached hydrogens (tertiary/aromatic N) is 1. The largest absolute Gasteiger partial charge is 0.440 e. The highest BCUT2D eigenvalue weighted by Crippen LogP contribution is 2.30. The lowest BCUT2D eigenvalue weighted by Gasteiger charge is -2.09. The van der Waals surface area contributed by atoms with Crippen LogP contribution in [0.3, 0.4) is 0 Å². The second-order valence-corrected chi connectivity index (χ2v) is 5.73. The first-order valence-electron chi connectivity index (χ1n) is 6.32. The molecular formula is C15H10F3N2OS-. The van der Waals surface area contributed by atoms with Crippen molar-refractivity contribution in [2.45, 2.75) is 11.1 Å². The normalized spacial score (nSPS) is 13.6. The molecule has 0 aliphatic heterocycles. The first-order chi connectivity index (χ1) is 10.4. The Labute approximate surface area is 126 Å². The Morgan fingerprint density at radius 1 is 1.00 bits per heavy atom. The van der Waals surface area contributed by atoms with Gasteiger partial charge in [-0.1, -0.05) is 47.4 Å². The van der Waals surface area contributed by atoms with Gasteiger partial charge >= 0.3 is 6.18 Å². The van der Waals surface area contributed by atoms with Gasteiger partial charge in [0.15, 0.2) is 0 Å². The van der Waals surface area contributed by atoms with E-state index in [9.17, 15) is 17.4 Å². The summed E-state index contributed by atoms with van der Waals surface area (Å²) in [5, 5.41) is 0.808. The summed E-state index contributed by atoms with van der Waals surface area (Å²) < 4.78 is 53.7. The van der Waals surface area contributed by atoms with E-state index in [-0.39, 0.29) is 4.90 Å². The lowest BCUT2D eigenvalue weighted by atomic mass is 10.2. The number of rotatable bonds is 2. The van der Waals surface area contributed by atoms with Gasteiger partial charge in [-0.3, -0.25) is 0 Å². The highest BCUT2D eigenvalue weighted by atomic mass is 32.2. The van der Waals surface area contributed by atoms with Crippen molar-refractivity contribution >= 4 is 27.2 Å². The molecule has 0 unspecified atom stereocenters. The minimum absolute atomic E-state index is 0.221. The fraction of sp³-hybridized carbons (Fsp3) is 0.0667. The van der Waals surface area contributed by atoms with Crippen molar-refractivity contribution in [1.82, 2.24) is 4.98 Å². The number of hydrogen-bond donors (Lipinski definition) is 1. The van der Waals surface area contributed by atoms with E-state index >= 15 is 0 Å². The maximum absolute atomic E-state index is 12.5. The molecule has 114 valence electrons. The van der Waals surface area contributed by atoms with E-state index in [1.165, 1.54) is 12.1 Å². The molecule has 0 atom stereocenters. The van der Waals surface area contributed by atoms with Gasteiger partial charge in [0, 0.05) is 17.1 Å². The fourth-order valence-corrected chi connectivity index (χ4v) is 2.84. The van der Waals surface area contributed by atoms with Gasteiger partial charge in [0.1, 0.15) is 0 Å². The molecule has 2 aromatic carbocycles. The number of halogens is 3. The third kappa shape index (κ3) is 2.85. The second-order valence-electron chi connectivity index (χ2n) is 4.58. The topological polar surface area (TPSA) is 45.2 Å². The number of nitrogens with one attached hydrogen (secondary N) is 1. The molecule has 3 nitrogen and oxygen atoms in total. The number of aromatic nitrogens is 1. The first-order valence-corrected chi connectivity index (χ1v) is 7.43. The Balaban J connectivity index is 1.96. The number of fused-ring (bicyclic) bond motifs is 1. The Morgan fingerprint density at radius 3 is 2.36 bits per heavy atom. The summed E-state index contributed by atoms with van der Waals surface area (Å²) in [6.07, 6.45) is -2.79. The van der Waals surface area contributed by atoms with Crippen LogP contribution in [0.4, 0.5) is 18.9 Å². The van der Waals surface area contributed by atoms with Gasteiger partial charge in [0.2, 0.25) is 0 Å². The quantitative estimate of drug-likeness (QED) is 0.661. The van der Waals surface area contributed by atoms with Crippen LogP contribution in [-0.4, -0.2) is 4.98 Å². The molecule has 3 rings (SSSR count). The Bertz CT molecular complexity index is 891. The van der Waals surface area contributed by atoms with Crippen LogP contribution in [0.5, 0.6) is 0 Å². The molecule has 1 aromatic heterocycles. The van der Waals surface area contributed by atoms with Crippen LogP contribution in [-0.2, 0) is 21.0 Å². The van der Waals surface area contributed by atoms with Crippen molar-refractivity contribution < 1.29 is 17.4 Å². The van der Waals surface area contributed by atoms with Crippen LogP contribution in [0, 0.1) is 0 Å². The van der Waals surface area contributed by atoms with Gasteiger partial charge in [0.25, 0.3) is 0 Å². The maximum atomic E-state index is 12.5. The molecule has 0 saturated heterocycles. The number of aromatic amines is 1. The maximum Gasteiger partial charge on any atom is 0.416 e. The minimum atomic E-state index is -4.41. The van der Waals surface area contributed by atoms with E-state index in [4.69, 9.17) is 0 Å². The molecule has 0 aliphatic carbocycles. The Hall–Kier alpha value is -2.28. The summed E-state index contributed by atoms with van der Waals surface area (Å²) in [6, 6.07) is 11.5. The standard InChI is InChI=1S/C15H10F3N2OS/c16-15(17,18)10-5-7-11(8-6-10)22(21)20-14-9-19-13-4-2-1-3-12(13)14/h1-9,19H/q-1. The zero-order valence-corrected chi connectivity index (χ0v) is 11.9. The van der Waals surface area contributed by atoms with Crippen molar-refractivity contribution in [2.75, 3.05) is 0 Å². The van der Waals surface area contributed by atoms with E-state index in [1.54, 1.807) is 6.20 Å². The van der Waals surface area contributed by atoms with Gasteiger partial charge in [-0.05, 0) is 6.07 Å². The number of H-pyrrole nitrogens is 1. The first kappa shape index (κ1) is 14.6. The summed E-state index contributed by atoms with van der Waals surface area (Å²) in [5.74, 6) is 0. The van der Waals surface area contributed by atoms with Crippen LogP contribution in [0.2, 0.25) is 0 Å². The minimum Gasteiger partial charge on any atom is -0.440 e. The van der Waals surface area contributed by atoms with Crippen molar-refractivity contribution in [1.29, 1.82) is 0 Å². The summed E-state index contributed by atoms with van der Waals surface area (Å²) in [5.41, 5.74) is 0.583. The number of benzene rings is 2. The van der Waals surface area contributed by atoms with E-state index in [1.807, 2.05) is 24.3 Å². The molecule has 0 aliphatic rings. The summed E-state index contributed by atoms with van der Waals surface area (Å²) in [4.78, 5) is 3.22. The zero-order chi connectivity index (χ0) is 15.7. The van der Waals surface area contributed by atoms with Gasteiger partial charge in [-0.15, -0.1) is 0 Å². The molecular weight excluding hydrogens is 313 g/mol. The predicted octanol–water partition coefficient (Wildman–Crippen LogP) is 5.02. The van der Waals surface area contributed by atoms with Crippen LogP contribution in [0.1, 0.15) is 5.56 Å². The molecule has 0 amide bonds. The molecule has 0 fully saturated rings. The van der Waals surface area contributed by atoms with E-state index in [0.29, 0.717) is 5.69 Å². The van der Waals surface area contributed by atoms with E-state index < -0.39 is 22.3 Å². The van der Waals surface area contributed by atoms with Crippen molar-refractivity contribution in [3.8, 4) is 0 Å². The molecule has 0 radical (unpaired) electrons. The Morgan fingerprint density at radius 2 is 1.68 bits per heavy atom. The van der Waals surface area contributed by atoms with Crippen LogP contribution in [0.15, 0.2) is 64.0 Å². The third-order valence-electron chi connectivity index (χ3n) is 3.13. The summed E-state index contributed by atoms with van der Waals surface area (Å²) in [6.45, 7) is 0. The third-order valence-corrected chi connectivity index (χ3v) is 4.17. The van der Waals surface area contributed by atoms with Crippen LogP contribution < -0.4 is 0 Å². The SMILES string of the molecule is O=[S-](=Nc1c[nH]c2ccccc12)c1ccc(C(F)(F)F)cc1. The summed E-state index contributed by atoms with van der Waals surface area (Å²) >= 11 is 0. The van der Waals surface area contributed by atoms with Gasteiger partial charge in [-0.2, -0.15) is 23.8 Å². The van der Waals surface area contributed by atoms with Crippen LogP contribution >= 0.6 is 0 Å². The van der Waals surface area contributed by atoms with Crippen LogP contribution in [0.25, 0.3) is 10.9 Å². The van der Waals surface area contributed by atoms with Gasteiger partial charge in [-0.25, -0.2) is 0 Å². The monoisotopic (exact) mass is 323 g/mol.